The Morgan fingerprint density at radius 1 is 1.16 bits per heavy atom. The molecule has 2 aromatic carbocycles. The molecule has 1 aromatic heterocycles. The van der Waals surface area contributed by atoms with Crippen molar-refractivity contribution in [1.29, 1.82) is 0 Å². The summed E-state index contributed by atoms with van der Waals surface area (Å²) >= 11 is 7.25. The van der Waals surface area contributed by atoms with Crippen LogP contribution in [0.1, 0.15) is 16.3 Å². The van der Waals surface area contributed by atoms with E-state index in [4.69, 9.17) is 22.1 Å². The van der Waals surface area contributed by atoms with Crippen molar-refractivity contribution in [3.8, 4) is 5.75 Å². The van der Waals surface area contributed by atoms with Gasteiger partial charge in [0.15, 0.2) is 0 Å². The lowest BCUT2D eigenvalue weighted by Crippen LogP contribution is -2.37. The summed E-state index contributed by atoms with van der Waals surface area (Å²) in [4.78, 5) is 28.4. The third-order valence-corrected chi connectivity index (χ3v) is 5.58. The van der Waals surface area contributed by atoms with Gasteiger partial charge in [0.1, 0.15) is 23.2 Å². The Morgan fingerprint density at radius 2 is 1.87 bits per heavy atom. The zero-order valence-electron chi connectivity index (χ0n) is 16.5. The minimum atomic E-state index is -0.590. The highest BCUT2D eigenvalue weighted by Crippen LogP contribution is 2.18. The van der Waals surface area contributed by atoms with E-state index in [0.29, 0.717) is 22.9 Å². The number of benzene rings is 2. The third kappa shape index (κ3) is 7.34. The van der Waals surface area contributed by atoms with Crippen LogP contribution in [0.2, 0.25) is 5.02 Å². The second kappa shape index (κ2) is 10.9. The first-order valence-corrected chi connectivity index (χ1v) is 10.8. The first kappa shape index (κ1) is 22.7. The van der Waals surface area contributed by atoms with E-state index in [2.05, 4.69) is 10.3 Å². The van der Waals surface area contributed by atoms with Crippen LogP contribution < -0.4 is 15.8 Å². The molecule has 2 amide bonds. The molecule has 3 aromatic rings. The number of carbonyl (C=O) groups is 2. The number of ether oxygens (including phenoxy) is 1. The van der Waals surface area contributed by atoms with E-state index in [1.165, 1.54) is 23.5 Å². The molecule has 0 aliphatic carbocycles. The van der Waals surface area contributed by atoms with Gasteiger partial charge in [0, 0.05) is 16.9 Å². The van der Waals surface area contributed by atoms with Crippen molar-refractivity contribution < 1.29 is 18.7 Å². The summed E-state index contributed by atoms with van der Waals surface area (Å²) in [5, 5.41) is 5.89. The van der Waals surface area contributed by atoms with Gasteiger partial charge in [-0.2, -0.15) is 0 Å². The average Bonchev–Trinajstić information content (AvgIpc) is 3.19. The lowest BCUT2D eigenvalue weighted by molar-refractivity contribution is -0.123. The zero-order valence-corrected chi connectivity index (χ0v) is 18.1. The molecule has 0 spiro atoms. The molecule has 3 N–H and O–H groups in total. The number of carbonyl (C=O) groups excluding carboxylic acids is 2. The van der Waals surface area contributed by atoms with E-state index >= 15 is 0 Å². The Kier molecular flexibility index (Phi) is 7.97. The van der Waals surface area contributed by atoms with E-state index < -0.39 is 11.8 Å². The molecular formula is C22H21ClFN3O3S. The number of halogens is 2. The summed E-state index contributed by atoms with van der Waals surface area (Å²) in [6, 6.07) is 12.8. The van der Waals surface area contributed by atoms with Gasteiger partial charge in [0.25, 0.3) is 0 Å². The first-order chi connectivity index (χ1) is 14.9. The van der Waals surface area contributed by atoms with Crippen molar-refractivity contribution in [3.63, 3.8) is 0 Å². The molecule has 0 aliphatic rings. The van der Waals surface area contributed by atoms with E-state index in [1.807, 2.05) is 0 Å². The van der Waals surface area contributed by atoms with Crippen LogP contribution in [0.15, 0.2) is 53.9 Å². The summed E-state index contributed by atoms with van der Waals surface area (Å²) < 4.78 is 18.7. The lowest BCUT2D eigenvalue weighted by atomic mass is 9.98. The van der Waals surface area contributed by atoms with E-state index in [0.717, 1.165) is 10.6 Å². The highest BCUT2D eigenvalue weighted by atomic mass is 35.5. The molecule has 6 nitrogen and oxygen atoms in total. The fourth-order valence-electron chi connectivity index (χ4n) is 2.81. The number of hydrogen-bond donors (Lipinski definition) is 2. The molecule has 1 heterocycles. The number of nitrogens with zero attached hydrogens (tertiary/aromatic N) is 1. The third-order valence-electron chi connectivity index (χ3n) is 4.46. The Bertz CT molecular complexity index is 1030. The summed E-state index contributed by atoms with van der Waals surface area (Å²) in [6.45, 7) is 0.386. The maximum Gasteiger partial charge on any atom is 0.226 e. The number of thiazole rings is 1. The van der Waals surface area contributed by atoms with Crippen LogP contribution >= 0.6 is 22.9 Å². The van der Waals surface area contributed by atoms with Gasteiger partial charge in [-0.3, -0.25) is 9.59 Å². The van der Waals surface area contributed by atoms with Crippen molar-refractivity contribution >= 4 is 34.8 Å². The monoisotopic (exact) mass is 461 g/mol. The fraction of sp³-hybridized carbons (Fsp3) is 0.227. The first-order valence-electron chi connectivity index (χ1n) is 9.51. The van der Waals surface area contributed by atoms with Crippen molar-refractivity contribution in [2.75, 3.05) is 6.54 Å². The number of aromatic nitrogens is 1. The van der Waals surface area contributed by atoms with Gasteiger partial charge in [0.05, 0.1) is 18.0 Å². The molecule has 0 radical (unpaired) electrons. The highest BCUT2D eigenvalue weighted by Gasteiger charge is 2.18. The molecule has 9 heteroatoms. The number of rotatable bonds is 10. The SMILES string of the molecule is NC(=O)C(CNC(=O)Cc1csc(COc2ccc(Cl)cc2)n1)Cc1ccc(F)cc1. The van der Waals surface area contributed by atoms with Gasteiger partial charge in [-0.1, -0.05) is 23.7 Å². The van der Waals surface area contributed by atoms with Crippen LogP contribution in [0.5, 0.6) is 5.75 Å². The minimum Gasteiger partial charge on any atom is -0.486 e. The second-order valence-corrected chi connectivity index (χ2v) is 8.27. The average molecular weight is 462 g/mol. The summed E-state index contributed by atoms with van der Waals surface area (Å²) in [5.41, 5.74) is 6.83. The Labute approximate surface area is 188 Å². The van der Waals surface area contributed by atoms with Gasteiger partial charge < -0.3 is 15.8 Å². The summed E-state index contributed by atoms with van der Waals surface area (Å²) in [5.74, 6) is -1.06. The number of hydrogen-bond acceptors (Lipinski definition) is 5. The fourth-order valence-corrected chi connectivity index (χ4v) is 3.65. The summed E-state index contributed by atoms with van der Waals surface area (Å²) in [7, 11) is 0. The second-order valence-electron chi connectivity index (χ2n) is 6.89. The molecular weight excluding hydrogens is 441 g/mol. The normalized spacial score (nSPS) is 11.7. The molecule has 0 saturated heterocycles. The molecule has 3 rings (SSSR count). The number of amides is 2. The maximum atomic E-state index is 13.0. The maximum absolute atomic E-state index is 13.0. The van der Waals surface area contributed by atoms with E-state index in [9.17, 15) is 14.0 Å². The van der Waals surface area contributed by atoms with Gasteiger partial charge in [-0.05, 0) is 48.4 Å². The van der Waals surface area contributed by atoms with E-state index in [-0.39, 0.29) is 31.3 Å². The minimum absolute atomic E-state index is 0.0828. The lowest BCUT2D eigenvalue weighted by Gasteiger charge is -2.14. The van der Waals surface area contributed by atoms with Crippen LogP contribution in [-0.4, -0.2) is 23.3 Å². The molecule has 31 heavy (non-hydrogen) atoms. The van der Waals surface area contributed by atoms with E-state index in [1.54, 1.807) is 41.8 Å². The van der Waals surface area contributed by atoms with Crippen LogP contribution in [-0.2, 0) is 29.0 Å². The highest BCUT2D eigenvalue weighted by molar-refractivity contribution is 7.09. The van der Waals surface area contributed by atoms with Crippen molar-refractivity contribution in [2.24, 2.45) is 11.7 Å². The molecule has 0 bridgehead atoms. The standard InChI is InChI=1S/C22H21ClFN3O3S/c23-16-3-7-19(8-4-16)30-12-21-27-18(13-31-21)10-20(28)26-11-15(22(25)29)9-14-1-5-17(24)6-2-14/h1-8,13,15H,9-12H2,(H2,25,29)(H,26,28). The molecule has 1 atom stereocenters. The number of nitrogens with two attached hydrogens (primary N) is 1. The Morgan fingerprint density at radius 3 is 2.55 bits per heavy atom. The predicted molar refractivity (Wildman–Crippen MR) is 117 cm³/mol. The van der Waals surface area contributed by atoms with Crippen molar-refractivity contribution in [3.05, 3.63) is 81.0 Å². The van der Waals surface area contributed by atoms with Crippen LogP contribution in [0.25, 0.3) is 0 Å². The van der Waals surface area contributed by atoms with Crippen LogP contribution in [0.4, 0.5) is 4.39 Å². The van der Waals surface area contributed by atoms with Gasteiger partial charge in [-0.25, -0.2) is 9.37 Å². The van der Waals surface area contributed by atoms with Crippen LogP contribution in [0, 0.1) is 11.7 Å². The summed E-state index contributed by atoms with van der Waals surface area (Å²) in [6.07, 6.45) is 0.401. The topological polar surface area (TPSA) is 94.3 Å². The van der Waals surface area contributed by atoms with Crippen molar-refractivity contribution in [1.82, 2.24) is 10.3 Å². The molecule has 0 fully saturated rings. The molecule has 162 valence electrons. The largest absolute Gasteiger partial charge is 0.486 e. The Balaban J connectivity index is 1.46. The predicted octanol–water partition coefficient (Wildman–Crippen LogP) is 3.52. The zero-order chi connectivity index (χ0) is 22.2. The smallest absolute Gasteiger partial charge is 0.226 e. The molecule has 1 unspecified atom stereocenters. The quantitative estimate of drug-likeness (QED) is 0.483. The van der Waals surface area contributed by atoms with Crippen molar-refractivity contribution in [2.45, 2.75) is 19.4 Å². The number of primary amides is 1. The van der Waals surface area contributed by atoms with Gasteiger partial charge in [-0.15, -0.1) is 11.3 Å². The molecule has 0 aliphatic heterocycles. The van der Waals surface area contributed by atoms with Gasteiger partial charge >= 0.3 is 0 Å². The molecule has 0 saturated carbocycles. The number of nitrogens with one attached hydrogen (secondary N) is 1. The Hall–Kier alpha value is -2.97. The van der Waals surface area contributed by atoms with Gasteiger partial charge in [0.2, 0.25) is 11.8 Å². The van der Waals surface area contributed by atoms with Crippen LogP contribution in [0.3, 0.4) is 0 Å².